The van der Waals surface area contributed by atoms with Crippen LogP contribution in [0.1, 0.15) is 11.6 Å². The lowest BCUT2D eigenvalue weighted by Crippen LogP contribution is -2.51. The zero-order valence-electron chi connectivity index (χ0n) is 10.6. The van der Waals surface area contributed by atoms with Crippen LogP contribution < -0.4 is 0 Å². The van der Waals surface area contributed by atoms with E-state index in [9.17, 15) is 28.1 Å². The average Bonchev–Trinajstić information content (AvgIpc) is 2.77. The van der Waals surface area contributed by atoms with Crippen LogP contribution in [-0.2, 0) is 4.74 Å². The van der Waals surface area contributed by atoms with Crippen molar-refractivity contribution < 1.29 is 27.6 Å². The van der Waals surface area contributed by atoms with E-state index in [1.165, 1.54) is 0 Å². The third-order valence-corrected chi connectivity index (χ3v) is 3.13. The van der Waals surface area contributed by atoms with Crippen molar-refractivity contribution in [2.45, 2.75) is 18.3 Å². The summed E-state index contributed by atoms with van der Waals surface area (Å²) in [5, 5.41) is 10.5. The Balaban J connectivity index is 2.36. The predicted molar refractivity (Wildman–Crippen MR) is 64.1 cm³/mol. The molecule has 0 bridgehead atoms. The SMILES string of the molecule is O=C1OC[C@@H](c2ccccc2)N1C(C[N+](=O)[O-])C(F)(F)F. The number of rotatable bonds is 4. The molecule has 2 atom stereocenters. The van der Waals surface area contributed by atoms with E-state index in [0.29, 0.717) is 10.5 Å². The summed E-state index contributed by atoms with van der Waals surface area (Å²) in [6.07, 6.45) is -6.11. The van der Waals surface area contributed by atoms with Crippen molar-refractivity contribution in [2.75, 3.05) is 13.2 Å². The molecule has 0 aromatic heterocycles. The number of amides is 1. The molecule has 1 aromatic rings. The highest BCUT2D eigenvalue weighted by molar-refractivity contribution is 5.71. The van der Waals surface area contributed by atoms with Crippen LogP contribution in [-0.4, -0.2) is 41.3 Å². The second-order valence-electron chi connectivity index (χ2n) is 4.48. The summed E-state index contributed by atoms with van der Waals surface area (Å²) in [6, 6.07) is 4.44. The van der Waals surface area contributed by atoms with Crippen LogP contribution in [0.25, 0.3) is 0 Å². The number of benzene rings is 1. The molecule has 1 aliphatic rings. The first-order valence-corrected chi connectivity index (χ1v) is 5.99. The Bertz CT molecular complexity index is 535. The molecule has 0 N–H and O–H groups in total. The van der Waals surface area contributed by atoms with Gasteiger partial charge in [0, 0.05) is 4.92 Å². The molecular weight excluding hydrogens is 293 g/mol. The summed E-state index contributed by atoms with van der Waals surface area (Å²) in [5.41, 5.74) is 0.431. The Morgan fingerprint density at radius 1 is 1.38 bits per heavy atom. The fraction of sp³-hybridized carbons (Fsp3) is 0.417. The highest BCUT2D eigenvalue weighted by Crippen LogP contribution is 2.35. The molecule has 1 heterocycles. The Morgan fingerprint density at radius 2 is 2.00 bits per heavy atom. The molecule has 1 unspecified atom stereocenters. The minimum absolute atomic E-state index is 0.271. The molecule has 1 aliphatic heterocycles. The summed E-state index contributed by atoms with van der Waals surface area (Å²) in [5.74, 6) is 0. The minimum atomic E-state index is -4.91. The molecule has 6 nitrogen and oxygen atoms in total. The molecule has 0 spiro atoms. The van der Waals surface area contributed by atoms with Crippen molar-refractivity contribution in [1.82, 2.24) is 4.90 Å². The summed E-state index contributed by atoms with van der Waals surface area (Å²) >= 11 is 0. The number of nitrogens with zero attached hydrogens (tertiary/aromatic N) is 2. The maximum atomic E-state index is 13.0. The Labute approximate surface area is 117 Å². The van der Waals surface area contributed by atoms with Crippen LogP contribution in [0.5, 0.6) is 0 Å². The third-order valence-electron chi connectivity index (χ3n) is 3.13. The second kappa shape index (κ2) is 5.58. The number of alkyl halides is 3. The van der Waals surface area contributed by atoms with Crippen LogP contribution in [0, 0.1) is 10.1 Å². The van der Waals surface area contributed by atoms with Crippen molar-refractivity contribution in [3.05, 3.63) is 46.0 Å². The summed E-state index contributed by atoms with van der Waals surface area (Å²) in [4.78, 5) is 21.4. The Morgan fingerprint density at radius 3 is 2.52 bits per heavy atom. The van der Waals surface area contributed by atoms with Gasteiger partial charge in [0.25, 0.3) is 0 Å². The molecule has 0 radical (unpaired) electrons. The number of carbonyl (C=O) groups excluding carboxylic acids is 1. The number of halogens is 3. The van der Waals surface area contributed by atoms with Gasteiger partial charge in [-0.1, -0.05) is 30.3 Å². The van der Waals surface area contributed by atoms with Crippen LogP contribution >= 0.6 is 0 Å². The van der Waals surface area contributed by atoms with E-state index >= 15 is 0 Å². The quantitative estimate of drug-likeness (QED) is 0.632. The van der Waals surface area contributed by atoms with E-state index in [0.717, 1.165) is 0 Å². The molecule has 1 saturated heterocycles. The number of carbonyl (C=O) groups is 1. The molecule has 1 fully saturated rings. The van der Waals surface area contributed by atoms with Crippen molar-refractivity contribution in [3.63, 3.8) is 0 Å². The van der Waals surface area contributed by atoms with E-state index in [4.69, 9.17) is 0 Å². The smallest absolute Gasteiger partial charge is 0.415 e. The Kier molecular flexibility index (Phi) is 4.01. The van der Waals surface area contributed by atoms with E-state index in [2.05, 4.69) is 4.74 Å². The van der Waals surface area contributed by atoms with Crippen LogP contribution in [0.15, 0.2) is 30.3 Å². The molecule has 0 saturated carbocycles. The monoisotopic (exact) mass is 304 g/mol. The fourth-order valence-electron chi connectivity index (χ4n) is 2.20. The molecule has 9 heteroatoms. The first-order valence-electron chi connectivity index (χ1n) is 5.99. The zero-order valence-corrected chi connectivity index (χ0v) is 10.6. The van der Waals surface area contributed by atoms with Crippen LogP contribution in [0.3, 0.4) is 0 Å². The maximum absolute atomic E-state index is 13.0. The fourth-order valence-corrected chi connectivity index (χ4v) is 2.20. The van der Waals surface area contributed by atoms with Crippen molar-refractivity contribution in [1.29, 1.82) is 0 Å². The molecular formula is C12H11F3N2O4. The number of hydrogen-bond donors (Lipinski definition) is 0. The largest absolute Gasteiger partial charge is 0.447 e. The molecule has 21 heavy (non-hydrogen) atoms. The van der Waals surface area contributed by atoms with Gasteiger partial charge in [-0.25, -0.2) is 4.79 Å². The van der Waals surface area contributed by atoms with E-state index in [1.54, 1.807) is 30.3 Å². The summed E-state index contributed by atoms with van der Waals surface area (Å²) in [7, 11) is 0. The number of cyclic esters (lactones) is 1. The highest BCUT2D eigenvalue weighted by atomic mass is 19.4. The minimum Gasteiger partial charge on any atom is -0.447 e. The predicted octanol–water partition coefficient (Wildman–Crippen LogP) is 2.39. The summed E-state index contributed by atoms with van der Waals surface area (Å²) < 4.78 is 43.8. The first kappa shape index (κ1) is 15.1. The van der Waals surface area contributed by atoms with E-state index in [1.807, 2.05) is 0 Å². The number of ether oxygens (including phenoxy) is 1. The normalized spacial score (nSPS) is 20.2. The highest BCUT2D eigenvalue weighted by Gasteiger charge is 2.54. The van der Waals surface area contributed by atoms with Gasteiger partial charge in [-0.3, -0.25) is 15.0 Å². The van der Waals surface area contributed by atoms with Gasteiger partial charge < -0.3 is 4.74 Å². The number of nitro groups is 1. The van der Waals surface area contributed by atoms with Gasteiger partial charge in [-0.15, -0.1) is 0 Å². The standard InChI is InChI=1S/C12H11F3N2O4/c13-12(14,15)10(6-16(19)20)17-9(7-21-11(17)18)8-4-2-1-3-5-8/h1-5,9-10H,6-7H2/t9-,10?/m0/s1. The number of hydrogen-bond acceptors (Lipinski definition) is 4. The van der Waals surface area contributed by atoms with E-state index < -0.39 is 35.8 Å². The lowest BCUT2D eigenvalue weighted by Gasteiger charge is -2.29. The van der Waals surface area contributed by atoms with Gasteiger partial charge >= 0.3 is 12.3 Å². The van der Waals surface area contributed by atoms with Gasteiger partial charge in [-0.2, -0.15) is 13.2 Å². The topological polar surface area (TPSA) is 72.7 Å². The van der Waals surface area contributed by atoms with Gasteiger partial charge in [0.15, 0.2) is 6.04 Å². The molecule has 114 valence electrons. The van der Waals surface area contributed by atoms with Gasteiger partial charge in [-0.05, 0) is 5.56 Å². The van der Waals surface area contributed by atoms with Gasteiger partial charge in [0.1, 0.15) is 6.61 Å². The summed E-state index contributed by atoms with van der Waals surface area (Å²) in [6.45, 7) is -1.69. The van der Waals surface area contributed by atoms with Crippen molar-refractivity contribution in [2.24, 2.45) is 0 Å². The van der Waals surface area contributed by atoms with Gasteiger partial charge in [0.2, 0.25) is 6.54 Å². The molecule has 1 aromatic carbocycles. The Hall–Kier alpha value is -2.32. The molecule has 1 amide bonds. The lowest BCUT2D eigenvalue weighted by atomic mass is 10.1. The zero-order chi connectivity index (χ0) is 15.6. The van der Waals surface area contributed by atoms with Crippen molar-refractivity contribution >= 4 is 6.09 Å². The van der Waals surface area contributed by atoms with Gasteiger partial charge in [0.05, 0.1) is 6.04 Å². The average molecular weight is 304 g/mol. The third kappa shape index (κ3) is 3.23. The van der Waals surface area contributed by atoms with Crippen LogP contribution in [0.4, 0.5) is 18.0 Å². The molecule has 2 rings (SSSR count). The van der Waals surface area contributed by atoms with Crippen molar-refractivity contribution in [3.8, 4) is 0 Å². The maximum Gasteiger partial charge on any atom is 0.415 e. The molecule has 0 aliphatic carbocycles. The second-order valence-corrected chi connectivity index (χ2v) is 4.48. The van der Waals surface area contributed by atoms with Crippen LogP contribution in [0.2, 0.25) is 0 Å². The lowest BCUT2D eigenvalue weighted by molar-refractivity contribution is -0.495. The van der Waals surface area contributed by atoms with E-state index in [-0.39, 0.29) is 6.61 Å². The first-order chi connectivity index (χ1) is 9.80.